The second-order valence-corrected chi connectivity index (χ2v) is 4.46. The summed E-state index contributed by atoms with van der Waals surface area (Å²) in [5.41, 5.74) is 0.251. The predicted octanol–water partition coefficient (Wildman–Crippen LogP) is 3.12. The van der Waals surface area contributed by atoms with Crippen LogP contribution in [0.25, 0.3) is 0 Å². The molecule has 0 spiro atoms. The first-order valence-electron chi connectivity index (χ1n) is 5.30. The average Bonchev–Trinajstić information content (AvgIpc) is 2.31. The molecule has 0 radical (unpaired) electrons. The molecule has 90 valence electrons. The smallest absolute Gasteiger partial charge is 0.253 e. The van der Waals surface area contributed by atoms with E-state index in [1.165, 1.54) is 18.2 Å². The van der Waals surface area contributed by atoms with Crippen LogP contribution in [0.15, 0.2) is 22.7 Å². The Morgan fingerprint density at radius 2 is 2.35 bits per heavy atom. The van der Waals surface area contributed by atoms with Gasteiger partial charge in [-0.05, 0) is 40.5 Å². The number of benzene rings is 1. The van der Waals surface area contributed by atoms with Gasteiger partial charge in [0, 0.05) is 4.47 Å². The largest absolute Gasteiger partial charge is 0.338 e. The van der Waals surface area contributed by atoms with Crippen LogP contribution in [0.4, 0.5) is 4.39 Å². The number of carbonyl (C=O) groups excluding carboxylic acids is 1. The molecule has 0 saturated carbocycles. The minimum atomic E-state index is -0.453. The van der Waals surface area contributed by atoms with E-state index >= 15 is 0 Å². The molecule has 1 aromatic rings. The zero-order chi connectivity index (χ0) is 12.8. The number of terminal acetylenes is 1. The van der Waals surface area contributed by atoms with Gasteiger partial charge in [0.25, 0.3) is 5.91 Å². The highest BCUT2D eigenvalue weighted by atomic mass is 79.9. The molecular weight excluding hydrogens is 285 g/mol. The molecule has 1 unspecified atom stereocenters. The van der Waals surface area contributed by atoms with Gasteiger partial charge in [-0.15, -0.1) is 6.42 Å². The van der Waals surface area contributed by atoms with E-state index in [0.29, 0.717) is 10.9 Å². The van der Waals surface area contributed by atoms with Crippen LogP contribution in [0.5, 0.6) is 0 Å². The van der Waals surface area contributed by atoms with Crippen molar-refractivity contribution in [3.05, 3.63) is 34.1 Å². The van der Waals surface area contributed by atoms with Gasteiger partial charge in [0.05, 0.1) is 11.6 Å². The fourth-order valence-corrected chi connectivity index (χ4v) is 1.82. The second kappa shape index (κ2) is 6.41. The van der Waals surface area contributed by atoms with E-state index in [1.54, 1.807) is 0 Å². The summed E-state index contributed by atoms with van der Waals surface area (Å²) in [4.78, 5) is 11.9. The summed E-state index contributed by atoms with van der Waals surface area (Å²) in [5.74, 6) is 1.68. The number of amides is 1. The lowest BCUT2D eigenvalue weighted by atomic mass is 10.1. The molecule has 1 N–H and O–H groups in total. The maximum Gasteiger partial charge on any atom is 0.253 e. The quantitative estimate of drug-likeness (QED) is 0.850. The Hall–Kier alpha value is -1.34. The van der Waals surface area contributed by atoms with Crippen LogP contribution in [-0.4, -0.2) is 11.9 Å². The maximum absolute atomic E-state index is 13.0. The van der Waals surface area contributed by atoms with Gasteiger partial charge in [0.2, 0.25) is 0 Å². The third-order valence-electron chi connectivity index (χ3n) is 2.26. The maximum atomic E-state index is 13.0. The van der Waals surface area contributed by atoms with Gasteiger partial charge >= 0.3 is 0 Å². The molecule has 4 heteroatoms. The molecule has 0 aromatic heterocycles. The molecule has 1 rings (SSSR count). The monoisotopic (exact) mass is 297 g/mol. The van der Waals surface area contributed by atoms with Crippen LogP contribution >= 0.6 is 15.9 Å². The molecule has 0 fully saturated rings. The Morgan fingerprint density at radius 3 is 2.94 bits per heavy atom. The first-order chi connectivity index (χ1) is 8.08. The lowest BCUT2D eigenvalue weighted by Gasteiger charge is -2.12. The lowest BCUT2D eigenvalue weighted by Crippen LogP contribution is -2.33. The third kappa shape index (κ3) is 3.86. The molecule has 0 bridgehead atoms. The van der Waals surface area contributed by atoms with Crippen LogP contribution in [0.3, 0.4) is 0 Å². The van der Waals surface area contributed by atoms with E-state index < -0.39 is 5.82 Å². The minimum absolute atomic E-state index is 0.251. The van der Waals surface area contributed by atoms with Crippen LogP contribution in [0.2, 0.25) is 0 Å². The summed E-state index contributed by atoms with van der Waals surface area (Å²) < 4.78 is 13.6. The number of hydrogen-bond acceptors (Lipinski definition) is 1. The normalized spacial score (nSPS) is 11.6. The lowest BCUT2D eigenvalue weighted by molar-refractivity contribution is 0.0943. The number of hydrogen-bond donors (Lipinski definition) is 1. The van der Waals surface area contributed by atoms with E-state index in [4.69, 9.17) is 6.42 Å². The van der Waals surface area contributed by atoms with Crippen molar-refractivity contribution in [1.29, 1.82) is 0 Å². The molecule has 1 amide bonds. The van der Waals surface area contributed by atoms with Gasteiger partial charge in [-0.25, -0.2) is 4.39 Å². The Bertz CT molecular complexity index is 453. The molecule has 1 atom stereocenters. The molecule has 2 nitrogen and oxygen atoms in total. The number of carbonyl (C=O) groups is 1. The van der Waals surface area contributed by atoms with Gasteiger partial charge in [-0.2, -0.15) is 0 Å². The minimum Gasteiger partial charge on any atom is -0.338 e. The first-order valence-corrected chi connectivity index (χ1v) is 6.09. The average molecular weight is 298 g/mol. The predicted molar refractivity (Wildman–Crippen MR) is 69.1 cm³/mol. The van der Waals surface area contributed by atoms with Crippen molar-refractivity contribution >= 4 is 21.8 Å². The zero-order valence-electron chi connectivity index (χ0n) is 9.47. The van der Waals surface area contributed by atoms with E-state index in [9.17, 15) is 9.18 Å². The second-order valence-electron chi connectivity index (χ2n) is 3.61. The fraction of sp³-hybridized carbons (Fsp3) is 0.308. The van der Waals surface area contributed by atoms with Crippen LogP contribution in [0, 0.1) is 18.2 Å². The molecule has 0 aliphatic carbocycles. The van der Waals surface area contributed by atoms with E-state index in [1.807, 2.05) is 6.92 Å². The van der Waals surface area contributed by atoms with Gasteiger partial charge in [-0.1, -0.05) is 19.3 Å². The van der Waals surface area contributed by atoms with E-state index in [0.717, 1.165) is 6.42 Å². The highest BCUT2D eigenvalue weighted by Gasteiger charge is 2.14. The summed E-state index contributed by atoms with van der Waals surface area (Å²) in [5, 5.41) is 2.68. The molecule has 0 heterocycles. The summed E-state index contributed by atoms with van der Waals surface area (Å²) in [6.07, 6.45) is 6.88. The standard InChI is InChI=1S/C13H13BrFNO/c1-3-5-10(4-2)16-13(17)11-8-9(15)6-7-12(11)14/h2,6-8,10H,3,5H2,1H3,(H,16,17). The Labute approximate surface area is 109 Å². The Balaban J connectivity index is 2.83. The molecule has 0 aliphatic heterocycles. The highest BCUT2D eigenvalue weighted by Crippen LogP contribution is 2.17. The van der Waals surface area contributed by atoms with E-state index in [2.05, 4.69) is 27.2 Å². The first kappa shape index (κ1) is 13.7. The molecule has 17 heavy (non-hydrogen) atoms. The van der Waals surface area contributed by atoms with Gasteiger partial charge in [0.1, 0.15) is 5.82 Å². The fourth-order valence-electron chi connectivity index (χ4n) is 1.39. The number of halogens is 2. The molecule has 0 saturated heterocycles. The molecule has 0 aliphatic rings. The topological polar surface area (TPSA) is 29.1 Å². The Kier molecular flexibility index (Phi) is 5.17. The van der Waals surface area contributed by atoms with Crippen molar-refractivity contribution in [2.24, 2.45) is 0 Å². The van der Waals surface area contributed by atoms with Gasteiger partial charge in [0.15, 0.2) is 0 Å². The molecular formula is C13H13BrFNO. The number of rotatable bonds is 4. The summed E-state index contributed by atoms with van der Waals surface area (Å²) >= 11 is 3.20. The summed E-state index contributed by atoms with van der Waals surface area (Å²) in [7, 11) is 0. The zero-order valence-corrected chi connectivity index (χ0v) is 11.1. The highest BCUT2D eigenvalue weighted by molar-refractivity contribution is 9.10. The van der Waals surface area contributed by atoms with Crippen molar-refractivity contribution in [1.82, 2.24) is 5.32 Å². The van der Waals surface area contributed by atoms with Crippen molar-refractivity contribution in [3.63, 3.8) is 0 Å². The summed E-state index contributed by atoms with van der Waals surface area (Å²) in [6.45, 7) is 1.98. The number of nitrogens with one attached hydrogen (secondary N) is 1. The van der Waals surface area contributed by atoms with Crippen molar-refractivity contribution in [2.75, 3.05) is 0 Å². The Morgan fingerprint density at radius 1 is 1.65 bits per heavy atom. The summed E-state index contributed by atoms with van der Waals surface area (Å²) in [6, 6.07) is 3.64. The van der Waals surface area contributed by atoms with Crippen molar-refractivity contribution in [3.8, 4) is 12.3 Å². The SMILES string of the molecule is C#CC(CCC)NC(=O)c1cc(F)ccc1Br. The van der Waals surface area contributed by atoms with Crippen LogP contribution in [-0.2, 0) is 0 Å². The van der Waals surface area contributed by atoms with Crippen LogP contribution in [0.1, 0.15) is 30.1 Å². The van der Waals surface area contributed by atoms with Crippen LogP contribution < -0.4 is 5.32 Å². The molecule has 1 aromatic carbocycles. The van der Waals surface area contributed by atoms with E-state index in [-0.39, 0.29) is 17.5 Å². The van der Waals surface area contributed by atoms with Crippen molar-refractivity contribution < 1.29 is 9.18 Å². The van der Waals surface area contributed by atoms with Gasteiger partial charge in [-0.3, -0.25) is 4.79 Å². The van der Waals surface area contributed by atoms with Gasteiger partial charge < -0.3 is 5.32 Å². The third-order valence-corrected chi connectivity index (χ3v) is 2.95. The van der Waals surface area contributed by atoms with Crippen molar-refractivity contribution in [2.45, 2.75) is 25.8 Å².